The van der Waals surface area contributed by atoms with Crippen LogP contribution in [-0.4, -0.2) is 30.8 Å². The minimum Gasteiger partial charge on any atom is -0.460 e. The summed E-state index contributed by atoms with van der Waals surface area (Å²) in [7, 11) is 0. The smallest absolute Gasteiger partial charge is 0.338 e. The first-order chi connectivity index (χ1) is 14.3. The van der Waals surface area contributed by atoms with Crippen molar-refractivity contribution in [1.29, 1.82) is 0 Å². The van der Waals surface area contributed by atoms with Gasteiger partial charge in [-0.25, -0.2) is 4.79 Å². The number of hydrogen-bond acceptors (Lipinski definition) is 4. The molecule has 0 aliphatic rings. The molecule has 1 aromatic carbocycles. The van der Waals surface area contributed by atoms with Crippen LogP contribution in [0.25, 0.3) is 0 Å². The molecular weight excluding hydrogens is 362 g/mol. The molecule has 1 rings (SSSR count). The standard InChI is InChI=1S/C25H43NO3/c1-2-3-4-5-6-7-8-9-10-11-12-13-14-15-20-26-24-18-16-23(17-19-24)25(28)29-22-21-27/h16-19,26-27H,2-15,20-22H2,1H3. The Balaban J connectivity index is 1.90. The molecule has 2 N–H and O–H groups in total. The summed E-state index contributed by atoms with van der Waals surface area (Å²) < 4.78 is 4.90. The van der Waals surface area contributed by atoms with E-state index >= 15 is 0 Å². The Morgan fingerprint density at radius 3 is 1.76 bits per heavy atom. The second-order valence-electron chi connectivity index (χ2n) is 7.96. The zero-order valence-electron chi connectivity index (χ0n) is 18.6. The van der Waals surface area contributed by atoms with Crippen molar-refractivity contribution in [2.75, 3.05) is 25.1 Å². The number of benzene rings is 1. The third-order valence-electron chi connectivity index (χ3n) is 5.30. The minimum absolute atomic E-state index is 0.0396. The monoisotopic (exact) mass is 405 g/mol. The molecule has 29 heavy (non-hydrogen) atoms. The van der Waals surface area contributed by atoms with Gasteiger partial charge < -0.3 is 15.2 Å². The maximum atomic E-state index is 11.7. The summed E-state index contributed by atoms with van der Waals surface area (Å²) in [6.07, 6.45) is 19.2. The topological polar surface area (TPSA) is 58.6 Å². The van der Waals surface area contributed by atoms with Crippen LogP contribution >= 0.6 is 0 Å². The molecule has 0 saturated heterocycles. The van der Waals surface area contributed by atoms with Crippen molar-refractivity contribution < 1.29 is 14.6 Å². The molecular formula is C25H43NO3. The van der Waals surface area contributed by atoms with Gasteiger partial charge >= 0.3 is 5.97 Å². The Bertz CT molecular complexity index is 501. The Hall–Kier alpha value is -1.55. The van der Waals surface area contributed by atoms with Crippen LogP contribution in [0.3, 0.4) is 0 Å². The Labute approximate surface area is 178 Å². The van der Waals surface area contributed by atoms with Gasteiger partial charge in [-0.15, -0.1) is 0 Å². The van der Waals surface area contributed by atoms with Crippen LogP contribution in [0.1, 0.15) is 107 Å². The first-order valence-electron chi connectivity index (χ1n) is 11.9. The fourth-order valence-electron chi connectivity index (χ4n) is 3.50. The molecule has 0 spiro atoms. The fourth-order valence-corrected chi connectivity index (χ4v) is 3.50. The van der Waals surface area contributed by atoms with Crippen LogP contribution in [0.2, 0.25) is 0 Å². The predicted octanol–water partition coefficient (Wildman–Crippen LogP) is 6.73. The highest BCUT2D eigenvalue weighted by Gasteiger charge is 2.06. The Morgan fingerprint density at radius 1 is 0.793 bits per heavy atom. The minimum atomic E-state index is -0.391. The van der Waals surface area contributed by atoms with E-state index in [1.807, 2.05) is 12.1 Å². The fraction of sp³-hybridized carbons (Fsp3) is 0.720. The molecule has 166 valence electrons. The molecule has 1 aromatic rings. The van der Waals surface area contributed by atoms with Gasteiger partial charge in [0.05, 0.1) is 12.2 Å². The van der Waals surface area contributed by atoms with Crippen molar-refractivity contribution >= 4 is 11.7 Å². The first-order valence-corrected chi connectivity index (χ1v) is 11.9. The lowest BCUT2D eigenvalue weighted by Crippen LogP contribution is -2.09. The van der Waals surface area contributed by atoms with Crippen LogP contribution in [-0.2, 0) is 4.74 Å². The van der Waals surface area contributed by atoms with Crippen LogP contribution < -0.4 is 5.32 Å². The normalized spacial score (nSPS) is 10.8. The van der Waals surface area contributed by atoms with E-state index in [-0.39, 0.29) is 13.2 Å². The van der Waals surface area contributed by atoms with E-state index in [1.165, 1.54) is 89.9 Å². The molecule has 0 unspecified atom stereocenters. The third kappa shape index (κ3) is 14.1. The number of carbonyl (C=O) groups is 1. The number of carbonyl (C=O) groups excluding carboxylic acids is 1. The van der Waals surface area contributed by atoms with E-state index in [0.29, 0.717) is 5.56 Å². The van der Waals surface area contributed by atoms with Gasteiger partial charge in [0.2, 0.25) is 0 Å². The van der Waals surface area contributed by atoms with Crippen molar-refractivity contribution in [3.63, 3.8) is 0 Å². The number of aliphatic hydroxyl groups is 1. The highest BCUT2D eigenvalue weighted by Crippen LogP contribution is 2.14. The maximum Gasteiger partial charge on any atom is 0.338 e. The average Bonchev–Trinajstić information content (AvgIpc) is 2.75. The lowest BCUT2D eigenvalue weighted by molar-refractivity contribution is 0.0434. The molecule has 4 nitrogen and oxygen atoms in total. The van der Waals surface area contributed by atoms with Crippen LogP contribution in [0.4, 0.5) is 5.69 Å². The molecule has 0 aliphatic carbocycles. The van der Waals surface area contributed by atoms with E-state index in [4.69, 9.17) is 9.84 Å². The number of rotatable bonds is 19. The van der Waals surface area contributed by atoms with Gasteiger partial charge in [0, 0.05) is 12.2 Å². The van der Waals surface area contributed by atoms with Crippen molar-refractivity contribution in [3.05, 3.63) is 29.8 Å². The number of unbranched alkanes of at least 4 members (excludes halogenated alkanes) is 13. The van der Waals surface area contributed by atoms with Gasteiger partial charge in [-0.1, -0.05) is 90.4 Å². The molecule has 0 radical (unpaired) electrons. The highest BCUT2D eigenvalue weighted by atomic mass is 16.5. The van der Waals surface area contributed by atoms with Crippen molar-refractivity contribution in [2.24, 2.45) is 0 Å². The van der Waals surface area contributed by atoms with Crippen molar-refractivity contribution in [2.45, 2.75) is 96.8 Å². The second-order valence-corrected chi connectivity index (χ2v) is 7.96. The lowest BCUT2D eigenvalue weighted by Gasteiger charge is -2.08. The molecule has 0 bridgehead atoms. The number of ether oxygens (including phenoxy) is 1. The largest absolute Gasteiger partial charge is 0.460 e. The van der Waals surface area contributed by atoms with Crippen molar-refractivity contribution in [1.82, 2.24) is 0 Å². The average molecular weight is 406 g/mol. The zero-order chi connectivity index (χ0) is 21.0. The van der Waals surface area contributed by atoms with Gasteiger partial charge in [0.25, 0.3) is 0 Å². The summed E-state index contributed by atoms with van der Waals surface area (Å²) in [5.74, 6) is -0.391. The molecule has 0 aromatic heterocycles. The van der Waals surface area contributed by atoms with E-state index in [9.17, 15) is 4.79 Å². The number of anilines is 1. The number of esters is 1. The summed E-state index contributed by atoms with van der Waals surface area (Å²) in [6, 6.07) is 7.32. The van der Waals surface area contributed by atoms with E-state index in [1.54, 1.807) is 12.1 Å². The van der Waals surface area contributed by atoms with E-state index in [2.05, 4.69) is 12.2 Å². The second kappa shape index (κ2) is 18.5. The van der Waals surface area contributed by atoms with Crippen LogP contribution in [0.15, 0.2) is 24.3 Å². The molecule has 4 heteroatoms. The van der Waals surface area contributed by atoms with Crippen LogP contribution in [0, 0.1) is 0 Å². The van der Waals surface area contributed by atoms with Gasteiger partial charge in [-0.05, 0) is 30.7 Å². The zero-order valence-corrected chi connectivity index (χ0v) is 18.6. The molecule has 0 heterocycles. The number of aliphatic hydroxyl groups excluding tert-OH is 1. The summed E-state index contributed by atoms with van der Waals surface area (Å²) in [5, 5.41) is 12.1. The molecule has 0 atom stereocenters. The summed E-state index contributed by atoms with van der Waals surface area (Å²) in [6.45, 7) is 3.13. The third-order valence-corrected chi connectivity index (χ3v) is 5.30. The van der Waals surface area contributed by atoms with E-state index < -0.39 is 5.97 Å². The summed E-state index contributed by atoms with van der Waals surface area (Å²) in [5.41, 5.74) is 1.54. The Kier molecular flexibility index (Phi) is 16.2. The van der Waals surface area contributed by atoms with Gasteiger partial charge in [0.15, 0.2) is 0 Å². The van der Waals surface area contributed by atoms with E-state index in [0.717, 1.165) is 12.2 Å². The SMILES string of the molecule is CCCCCCCCCCCCCCCCNc1ccc(C(=O)OCCO)cc1. The molecule has 0 aliphatic heterocycles. The van der Waals surface area contributed by atoms with Crippen LogP contribution in [0.5, 0.6) is 0 Å². The van der Waals surface area contributed by atoms with Gasteiger partial charge in [-0.2, -0.15) is 0 Å². The maximum absolute atomic E-state index is 11.7. The van der Waals surface area contributed by atoms with Gasteiger partial charge in [0.1, 0.15) is 6.61 Å². The highest BCUT2D eigenvalue weighted by molar-refractivity contribution is 5.89. The van der Waals surface area contributed by atoms with Crippen molar-refractivity contribution in [3.8, 4) is 0 Å². The molecule has 0 saturated carbocycles. The molecule has 0 fully saturated rings. The lowest BCUT2D eigenvalue weighted by atomic mass is 10.0. The summed E-state index contributed by atoms with van der Waals surface area (Å²) >= 11 is 0. The number of nitrogens with one attached hydrogen (secondary N) is 1. The Morgan fingerprint density at radius 2 is 1.28 bits per heavy atom. The predicted molar refractivity (Wildman–Crippen MR) is 123 cm³/mol. The van der Waals surface area contributed by atoms with Gasteiger partial charge in [-0.3, -0.25) is 0 Å². The summed E-state index contributed by atoms with van der Waals surface area (Å²) in [4.78, 5) is 11.7. The molecule has 0 amide bonds. The number of hydrogen-bond donors (Lipinski definition) is 2. The first kappa shape index (κ1) is 25.5. The quantitative estimate of drug-likeness (QED) is 0.198.